The number of nitrogens with zero attached hydrogens (tertiary/aromatic N) is 2. The van der Waals surface area contributed by atoms with Crippen molar-refractivity contribution in [1.82, 2.24) is 4.31 Å². The number of amides is 1. The van der Waals surface area contributed by atoms with Crippen LogP contribution in [0.2, 0.25) is 0 Å². The summed E-state index contributed by atoms with van der Waals surface area (Å²) in [5.74, 6) is 0.324. The van der Waals surface area contributed by atoms with Crippen LogP contribution in [0.4, 0.5) is 5.69 Å². The molecule has 2 aromatic rings. The van der Waals surface area contributed by atoms with Gasteiger partial charge in [0.2, 0.25) is 15.9 Å². The average molecular weight is 453 g/mol. The minimum absolute atomic E-state index is 0.0149. The fraction of sp³-hybridized carbons (Fsp3) is 0.316. The number of fused-ring (bicyclic) bond motifs is 1. The van der Waals surface area contributed by atoms with E-state index >= 15 is 0 Å². The average Bonchev–Trinajstić information content (AvgIpc) is 2.96. The number of sulfonamides is 1. The Morgan fingerprint density at radius 1 is 1.26 bits per heavy atom. The highest BCUT2D eigenvalue weighted by molar-refractivity contribution is 9.10. The first-order valence-corrected chi connectivity index (χ1v) is 10.7. The van der Waals surface area contributed by atoms with Gasteiger partial charge in [0.15, 0.2) is 0 Å². The van der Waals surface area contributed by atoms with E-state index in [1.807, 2.05) is 25.1 Å². The van der Waals surface area contributed by atoms with Crippen LogP contribution < -0.4 is 9.64 Å². The summed E-state index contributed by atoms with van der Waals surface area (Å²) in [6, 6.07) is 11.9. The third-order valence-electron chi connectivity index (χ3n) is 4.65. The second-order valence-corrected chi connectivity index (χ2v) is 9.49. The number of hydrogen-bond acceptors (Lipinski definition) is 4. The summed E-state index contributed by atoms with van der Waals surface area (Å²) in [5, 5.41) is 0. The number of hydrogen-bond donors (Lipinski definition) is 0. The zero-order valence-corrected chi connectivity index (χ0v) is 17.7. The lowest BCUT2D eigenvalue weighted by Gasteiger charge is -2.25. The number of rotatable bonds is 5. The largest absolute Gasteiger partial charge is 0.497 e. The molecular formula is C19H21BrN2O4S. The lowest BCUT2D eigenvalue weighted by Crippen LogP contribution is -2.43. The topological polar surface area (TPSA) is 66.9 Å². The molecule has 1 aliphatic rings. The number of carbonyl (C=O) groups is 1. The maximum Gasteiger partial charge on any atom is 0.243 e. The van der Waals surface area contributed by atoms with E-state index in [0.29, 0.717) is 5.75 Å². The summed E-state index contributed by atoms with van der Waals surface area (Å²) in [4.78, 5) is 14.7. The van der Waals surface area contributed by atoms with Gasteiger partial charge in [0.1, 0.15) is 5.75 Å². The zero-order chi connectivity index (χ0) is 19.8. The van der Waals surface area contributed by atoms with Gasteiger partial charge in [-0.05, 0) is 61.4 Å². The fourth-order valence-electron chi connectivity index (χ4n) is 3.26. The van der Waals surface area contributed by atoms with Crippen molar-refractivity contribution >= 4 is 37.5 Å². The summed E-state index contributed by atoms with van der Waals surface area (Å²) < 4.78 is 32.6. The summed E-state index contributed by atoms with van der Waals surface area (Å²) in [7, 11) is -0.834. The first kappa shape index (κ1) is 19.9. The van der Waals surface area contributed by atoms with Gasteiger partial charge in [-0.1, -0.05) is 15.9 Å². The molecule has 0 unspecified atom stereocenters. The number of benzene rings is 2. The lowest BCUT2D eigenvalue weighted by molar-refractivity contribution is -0.118. The van der Waals surface area contributed by atoms with Crippen molar-refractivity contribution in [2.45, 2.75) is 24.3 Å². The number of anilines is 1. The molecule has 0 bridgehead atoms. The highest BCUT2D eigenvalue weighted by Crippen LogP contribution is 2.34. The Hall–Kier alpha value is -1.90. The maximum atomic E-state index is 12.9. The van der Waals surface area contributed by atoms with Crippen molar-refractivity contribution in [3.8, 4) is 5.75 Å². The molecule has 0 radical (unpaired) electrons. The van der Waals surface area contributed by atoms with Gasteiger partial charge in [-0.25, -0.2) is 8.42 Å². The molecule has 6 nitrogen and oxygen atoms in total. The van der Waals surface area contributed by atoms with Crippen LogP contribution in [0.1, 0.15) is 12.5 Å². The van der Waals surface area contributed by atoms with Gasteiger partial charge in [0.05, 0.1) is 18.6 Å². The standard InChI is InChI=1S/C19H21BrN2O4S/c1-13-10-14-11-15(20)4-9-18(14)22(13)19(23)12-21(2)27(24,25)17-7-5-16(26-3)6-8-17/h4-9,11,13H,10,12H2,1-3H3/t13-/m0/s1. The smallest absolute Gasteiger partial charge is 0.243 e. The van der Waals surface area contributed by atoms with E-state index in [4.69, 9.17) is 4.74 Å². The highest BCUT2D eigenvalue weighted by Gasteiger charge is 2.33. The van der Waals surface area contributed by atoms with E-state index in [2.05, 4.69) is 15.9 Å². The van der Waals surface area contributed by atoms with Gasteiger partial charge in [-0.15, -0.1) is 0 Å². The van der Waals surface area contributed by atoms with Crippen molar-refractivity contribution in [1.29, 1.82) is 0 Å². The van der Waals surface area contributed by atoms with E-state index in [1.165, 1.54) is 26.3 Å². The van der Waals surface area contributed by atoms with E-state index < -0.39 is 10.0 Å². The van der Waals surface area contributed by atoms with Gasteiger partial charge in [0, 0.05) is 23.2 Å². The van der Waals surface area contributed by atoms with Gasteiger partial charge in [-0.2, -0.15) is 4.31 Å². The van der Waals surface area contributed by atoms with Crippen molar-refractivity contribution in [3.05, 3.63) is 52.5 Å². The van der Waals surface area contributed by atoms with Crippen LogP contribution in [0.15, 0.2) is 51.8 Å². The summed E-state index contributed by atoms with van der Waals surface area (Å²) in [6.45, 7) is 1.73. The van der Waals surface area contributed by atoms with Crippen LogP contribution in [0, 0.1) is 0 Å². The SMILES string of the molecule is COc1ccc(S(=O)(=O)N(C)CC(=O)N2c3ccc(Br)cc3C[C@@H]2C)cc1. The molecule has 8 heteroatoms. The highest BCUT2D eigenvalue weighted by atomic mass is 79.9. The number of ether oxygens (including phenoxy) is 1. The van der Waals surface area contributed by atoms with Gasteiger partial charge < -0.3 is 9.64 Å². The third kappa shape index (κ3) is 3.88. The van der Waals surface area contributed by atoms with Gasteiger partial charge >= 0.3 is 0 Å². The number of halogens is 1. The first-order valence-electron chi connectivity index (χ1n) is 8.45. The van der Waals surface area contributed by atoms with E-state index in [1.54, 1.807) is 17.0 Å². The first-order chi connectivity index (χ1) is 12.7. The maximum absolute atomic E-state index is 12.9. The molecule has 1 heterocycles. The normalized spacial score (nSPS) is 16.5. The molecule has 27 heavy (non-hydrogen) atoms. The van der Waals surface area contributed by atoms with Crippen LogP contribution in [0.5, 0.6) is 5.75 Å². The number of methoxy groups -OCH3 is 1. The van der Waals surface area contributed by atoms with Crippen molar-refractivity contribution < 1.29 is 17.9 Å². The Bertz CT molecular complexity index is 960. The Morgan fingerprint density at radius 2 is 1.93 bits per heavy atom. The van der Waals surface area contributed by atoms with E-state index in [0.717, 1.165) is 26.4 Å². The quantitative estimate of drug-likeness (QED) is 0.698. The summed E-state index contributed by atoms with van der Waals surface area (Å²) >= 11 is 3.44. The lowest BCUT2D eigenvalue weighted by atomic mass is 10.1. The molecular weight excluding hydrogens is 432 g/mol. The zero-order valence-electron chi connectivity index (χ0n) is 15.3. The second-order valence-electron chi connectivity index (χ2n) is 6.53. The molecule has 144 valence electrons. The molecule has 3 rings (SSSR count). The van der Waals surface area contributed by atoms with Crippen LogP contribution in [-0.4, -0.2) is 45.4 Å². The van der Waals surface area contributed by atoms with Crippen LogP contribution in [0.3, 0.4) is 0 Å². The Morgan fingerprint density at radius 3 is 2.56 bits per heavy atom. The number of likely N-dealkylation sites (N-methyl/N-ethyl adjacent to an activating group) is 1. The monoisotopic (exact) mass is 452 g/mol. The van der Waals surface area contributed by atoms with Crippen molar-refractivity contribution in [3.63, 3.8) is 0 Å². The molecule has 2 aromatic carbocycles. The molecule has 0 N–H and O–H groups in total. The Labute approximate surface area is 167 Å². The molecule has 1 amide bonds. The molecule has 1 atom stereocenters. The van der Waals surface area contributed by atoms with Crippen molar-refractivity contribution in [2.24, 2.45) is 0 Å². The van der Waals surface area contributed by atoms with E-state index in [-0.39, 0.29) is 23.4 Å². The number of carbonyl (C=O) groups excluding carboxylic acids is 1. The molecule has 0 fully saturated rings. The van der Waals surface area contributed by atoms with Gasteiger partial charge in [0.25, 0.3) is 0 Å². The van der Waals surface area contributed by atoms with E-state index in [9.17, 15) is 13.2 Å². The molecule has 0 spiro atoms. The van der Waals surface area contributed by atoms with Gasteiger partial charge in [-0.3, -0.25) is 4.79 Å². The molecule has 0 aliphatic carbocycles. The summed E-state index contributed by atoms with van der Waals surface area (Å²) in [6.07, 6.45) is 0.745. The predicted molar refractivity (Wildman–Crippen MR) is 108 cm³/mol. The summed E-state index contributed by atoms with van der Waals surface area (Å²) in [5.41, 5.74) is 1.91. The molecule has 0 saturated carbocycles. The molecule has 1 aliphatic heterocycles. The van der Waals surface area contributed by atoms with Crippen molar-refractivity contribution in [2.75, 3.05) is 25.6 Å². The molecule has 0 aromatic heterocycles. The van der Waals surface area contributed by atoms with Crippen LogP contribution in [0.25, 0.3) is 0 Å². The van der Waals surface area contributed by atoms with Crippen LogP contribution >= 0.6 is 15.9 Å². The molecule has 0 saturated heterocycles. The third-order valence-corrected chi connectivity index (χ3v) is 6.96. The Balaban J connectivity index is 1.79. The predicted octanol–water partition coefficient (Wildman–Crippen LogP) is 3.06. The Kier molecular flexibility index (Phi) is 5.60. The van der Waals surface area contributed by atoms with Crippen LogP contribution in [-0.2, 0) is 21.2 Å². The minimum Gasteiger partial charge on any atom is -0.497 e. The fourth-order valence-corrected chi connectivity index (χ4v) is 4.79. The second kappa shape index (κ2) is 7.61. The minimum atomic E-state index is -3.77.